The molecule has 2 N–H and O–H groups in total. The van der Waals surface area contributed by atoms with E-state index >= 15 is 0 Å². The number of hydrogen-bond donors (Lipinski definition) is 2. The van der Waals surface area contributed by atoms with Gasteiger partial charge in [0.1, 0.15) is 0 Å². The molecule has 4 aromatic carbocycles. The van der Waals surface area contributed by atoms with Crippen LogP contribution in [0.15, 0.2) is 84.9 Å². The molecule has 0 saturated heterocycles. The molecule has 1 saturated carbocycles. The summed E-state index contributed by atoms with van der Waals surface area (Å²) in [6.45, 7) is 34.6. The van der Waals surface area contributed by atoms with E-state index in [0.29, 0.717) is 27.4 Å². The van der Waals surface area contributed by atoms with Crippen molar-refractivity contribution in [2.75, 3.05) is 0 Å². The Morgan fingerprint density at radius 3 is 1.11 bits per heavy atom. The summed E-state index contributed by atoms with van der Waals surface area (Å²) in [4.78, 5) is 0. The van der Waals surface area contributed by atoms with Gasteiger partial charge in [-0.2, -0.15) is 49.2 Å². The third-order valence-electron chi connectivity index (χ3n) is 11.1. The second-order valence-electron chi connectivity index (χ2n) is 20.3. The zero-order chi connectivity index (χ0) is 42.3. The molecule has 1 aliphatic heterocycles. The minimum atomic E-state index is -0.244. The van der Waals surface area contributed by atoms with Crippen molar-refractivity contribution in [1.82, 2.24) is 0 Å². The molecule has 4 atom stereocenters. The maximum atomic E-state index is 11.7. The van der Waals surface area contributed by atoms with Crippen molar-refractivity contribution in [3.05, 3.63) is 143 Å². The molecular formula is C52H74O2S2Ti-2. The summed E-state index contributed by atoms with van der Waals surface area (Å²) >= 11 is -0.244. The molecule has 2 nitrogen and oxygen atoms in total. The molecule has 1 heterocycles. The van der Waals surface area contributed by atoms with Gasteiger partial charge in [-0.15, -0.1) is 24.3 Å². The van der Waals surface area contributed by atoms with E-state index in [0.717, 1.165) is 44.3 Å². The van der Waals surface area contributed by atoms with Crippen LogP contribution in [0.25, 0.3) is 0 Å². The third kappa shape index (κ3) is 13.6. The molecule has 0 radical (unpaired) electrons. The van der Waals surface area contributed by atoms with E-state index in [1.54, 1.807) is 0 Å². The second-order valence-corrected chi connectivity index (χ2v) is 31.8. The summed E-state index contributed by atoms with van der Waals surface area (Å²) in [5.74, 6) is 3.20. The fourth-order valence-electron chi connectivity index (χ4n) is 7.51. The van der Waals surface area contributed by atoms with Gasteiger partial charge in [0.25, 0.3) is 0 Å². The molecule has 0 spiro atoms. The van der Waals surface area contributed by atoms with Crippen molar-refractivity contribution in [3.63, 3.8) is 0 Å². The summed E-state index contributed by atoms with van der Waals surface area (Å²) < 4.78 is 0. The standard InChI is InChI=1S/C38H60O2S2.2C7H7.Ti/c1-35(2,3)27-19-25(33(39)29(21-27)37(7,8)9)23-41-31-17-15-13-14-16-18-32(31)42-24-26-20-28(36(4,5)6)22-30(34(26)40)38(10,11)12;2*1-7-5-3-2-4-6-7;/h19-22,31-32,39-40H,13-18,23-24H2,1-12H3;2*2-6H,1H2;/q;2*-1;/t31-,32?;;;/m0.../s1. The molecule has 0 amide bonds. The Morgan fingerprint density at radius 2 is 0.842 bits per heavy atom. The largest absolute Gasteiger partial charge is 0.199 e. The van der Waals surface area contributed by atoms with Crippen molar-refractivity contribution in [2.45, 2.75) is 165 Å². The van der Waals surface area contributed by atoms with Crippen LogP contribution in [-0.2, 0) is 48.6 Å². The molecule has 0 bridgehead atoms. The van der Waals surface area contributed by atoms with Crippen LogP contribution in [0.1, 0.15) is 166 Å². The Bertz CT molecular complexity index is 1860. The van der Waals surface area contributed by atoms with Gasteiger partial charge in [0.05, 0.1) is 0 Å². The summed E-state index contributed by atoms with van der Waals surface area (Å²) in [6, 6.07) is 29.0. The van der Waals surface area contributed by atoms with Crippen LogP contribution in [0, 0.1) is 13.8 Å². The number of hydrogen-bond acceptors (Lipinski definition) is 2. The molecule has 1 aliphatic carbocycles. The maximum absolute atomic E-state index is 11.7. The van der Waals surface area contributed by atoms with Crippen LogP contribution in [0.5, 0.6) is 11.5 Å². The van der Waals surface area contributed by atoms with E-state index in [1.807, 2.05) is 60.7 Å². The Labute approximate surface area is 359 Å². The minimum absolute atomic E-state index is 0.0466. The number of phenols is 2. The van der Waals surface area contributed by atoms with E-state index in [-0.39, 0.29) is 37.1 Å². The van der Waals surface area contributed by atoms with Gasteiger partial charge in [0, 0.05) is 0 Å². The zero-order valence-corrected chi connectivity index (χ0v) is 40.7. The van der Waals surface area contributed by atoms with E-state index in [9.17, 15) is 10.2 Å². The first-order chi connectivity index (χ1) is 26.5. The first-order valence-corrected chi connectivity index (χ1v) is 27.8. The van der Waals surface area contributed by atoms with Crippen molar-refractivity contribution in [2.24, 2.45) is 0 Å². The van der Waals surface area contributed by atoms with Crippen LogP contribution in [0.4, 0.5) is 0 Å². The van der Waals surface area contributed by atoms with Gasteiger partial charge in [0.15, 0.2) is 0 Å². The SMILES string of the molecule is CC(C)(C)c1cc(C[S]2=[Ti]=[S@@](Cc3cc(C(C)(C)C)cc(C(C)(C)C)c3O)C3CCCCCC[C@@H]32)c(O)c(C(C)(C)C)c1.[CH2-]c1ccccc1.[CH2-]c1ccccc1. The Kier molecular flexibility index (Phi) is 16.4. The number of aromatic hydroxyl groups is 2. The predicted octanol–water partition coefficient (Wildman–Crippen LogP) is 15.3. The summed E-state index contributed by atoms with van der Waals surface area (Å²) in [5.41, 5.74) is 9.34. The number of phenolic OH excluding ortho intramolecular Hbond substituents is 2. The van der Waals surface area contributed by atoms with E-state index in [2.05, 4.69) is 121 Å². The Balaban J connectivity index is 0.000000428. The fraction of sp³-hybridized carbons (Fsp3) is 0.500. The quantitative estimate of drug-likeness (QED) is 0.159. The molecule has 312 valence electrons. The molecule has 1 fully saturated rings. The Hall–Kier alpha value is -2.37. The maximum Gasteiger partial charge on any atom is -0.0866 e. The second kappa shape index (κ2) is 19.8. The molecule has 6 rings (SSSR count). The molecule has 2 unspecified atom stereocenters. The first-order valence-electron chi connectivity index (χ1n) is 21.1. The average molecular weight is 843 g/mol. The smallest absolute Gasteiger partial charge is 0.0866 e. The van der Waals surface area contributed by atoms with Crippen LogP contribution in [-0.4, -0.2) is 20.7 Å². The van der Waals surface area contributed by atoms with Crippen molar-refractivity contribution in [3.8, 4) is 11.5 Å². The van der Waals surface area contributed by atoms with Crippen LogP contribution < -0.4 is 0 Å². The molecular weight excluding hydrogens is 769 g/mol. The molecule has 2 aliphatic rings. The zero-order valence-electron chi connectivity index (χ0n) is 37.5. The molecule has 57 heavy (non-hydrogen) atoms. The molecule has 4 aromatic rings. The van der Waals surface area contributed by atoms with E-state index in [1.165, 1.54) is 60.8 Å². The van der Waals surface area contributed by atoms with Gasteiger partial charge in [0.2, 0.25) is 0 Å². The number of fused-ring (bicyclic) bond motifs is 1. The van der Waals surface area contributed by atoms with Gasteiger partial charge in [-0.1, -0.05) is 12.1 Å². The predicted molar refractivity (Wildman–Crippen MR) is 251 cm³/mol. The summed E-state index contributed by atoms with van der Waals surface area (Å²) in [6.07, 6.45) is 8.16. The third-order valence-corrected chi connectivity index (χ3v) is 27.0. The van der Waals surface area contributed by atoms with Gasteiger partial charge in [-0.25, -0.2) is 0 Å². The average Bonchev–Trinajstić information content (AvgIpc) is 3.39. The molecule has 5 heteroatoms. The minimum Gasteiger partial charge on any atom is -0.199 e. The van der Waals surface area contributed by atoms with Gasteiger partial charge in [-0.3, -0.25) is 0 Å². The topological polar surface area (TPSA) is 40.5 Å². The number of rotatable bonds is 4. The summed E-state index contributed by atoms with van der Waals surface area (Å²) in [7, 11) is 0.693. The van der Waals surface area contributed by atoms with Gasteiger partial charge in [-0.05, 0) is 0 Å². The van der Waals surface area contributed by atoms with Crippen LogP contribution in [0.2, 0.25) is 0 Å². The fourth-order valence-corrected chi connectivity index (χ4v) is 28.3. The molecule has 0 aromatic heterocycles. The first kappa shape index (κ1) is 47.3. The number of benzene rings is 4. The van der Waals surface area contributed by atoms with E-state index in [4.69, 9.17) is 0 Å². The summed E-state index contributed by atoms with van der Waals surface area (Å²) in [5, 5.41) is 25.0. The Morgan fingerprint density at radius 1 is 0.509 bits per heavy atom. The van der Waals surface area contributed by atoms with Crippen molar-refractivity contribution >= 4 is 15.9 Å². The van der Waals surface area contributed by atoms with Crippen molar-refractivity contribution < 1.29 is 25.7 Å². The van der Waals surface area contributed by atoms with Crippen LogP contribution in [0.3, 0.4) is 0 Å². The van der Waals surface area contributed by atoms with E-state index < -0.39 is 0 Å². The normalized spacial score (nSPS) is 19.9. The van der Waals surface area contributed by atoms with Crippen LogP contribution >= 0.6 is 15.9 Å². The van der Waals surface area contributed by atoms with Crippen molar-refractivity contribution in [1.29, 1.82) is 0 Å². The van der Waals surface area contributed by atoms with Gasteiger partial charge < -0.3 is 0 Å². The monoisotopic (exact) mass is 842 g/mol. The van der Waals surface area contributed by atoms with Gasteiger partial charge >= 0.3 is 276 Å².